The number of aromatic nitrogens is 2. The first kappa shape index (κ1) is 18.9. The van der Waals surface area contributed by atoms with E-state index in [1.165, 1.54) is 12.1 Å². The molecule has 1 aliphatic rings. The summed E-state index contributed by atoms with van der Waals surface area (Å²) in [6.45, 7) is 0. The van der Waals surface area contributed by atoms with Gasteiger partial charge in [-0.3, -0.25) is 4.79 Å². The molecule has 1 aromatic heterocycles. The van der Waals surface area contributed by atoms with Crippen LogP contribution < -0.4 is 14.8 Å². The quantitative estimate of drug-likeness (QED) is 0.697. The summed E-state index contributed by atoms with van der Waals surface area (Å²) in [6, 6.07) is 11.6. The fourth-order valence-corrected chi connectivity index (χ4v) is 3.51. The number of ketones is 1. The van der Waals surface area contributed by atoms with Gasteiger partial charge in [0.2, 0.25) is 5.95 Å². The number of methoxy groups -OCH3 is 2. The van der Waals surface area contributed by atoms with Crippen molar-refractivity contribution < 1.29 is 18.7 Å². The molecule has 0 spiro atoms. The highest BCUT2D eigenvalue weighted by Gasteiger charge is 2.28. The summed E-state index contributed by atoms with van der Waals surface area (Å²) in [5, 5.41) is 3.05. The van der Waals surface area contributed by atoms with Crippen molar-refractivity contribution in [1.29, 1.82) is 0 Å². The van der Waals surface area contributed by atoms with E-state index in [4.69, 9.17) is 9.47 Å². The van der Waals surface area contributed by atoms with Crippen molar-refractivity contribution in [2.75, 3.05) is 19.5 Å². The maximum Gasteiger partial charge on any atom is 0.227 e. The molecule has 2 aromatic carbocycles. The minimum atomic E-state index is -0.315. The molecule has 0 unspecified atom stereocenters. The largest absolute Gasteiger partial charge is 0.493 e. The lowest BCUT2D eigenvalue weighted by Gasteiger charge is -2.24. The summed E-state index contributed by atoms with van der Waals surface area (Å²) in [6.07, 6.45) is 2.55. The number of Topliss-reactive ketones (excluding diaryl/α,β-unsaturated/α-hetero) is 1. The number of rotatable bonds is 5. The fraction of sp³-hybridized carbons (Fsp3) is 0.227. The van der Waals surface area contributed by atoms with Crippen LogP contribution >= 0.6 is 0 Å². The van der Waals surface area contributed by atoms with Crippen molar-refractivity contribution in [2.24, 2.45) is 0 Å². The molecule has 0 fully saturated rings. The molecule has 0 radical (unpaired) electrons. The number of nitrogens with zero attached hydrogens (tertiary/aromatic N) is 2. The Morgan fingerprint density at radius 1 is 1.03 bits per heavy atom. The van der Waals surface area contributed by atoms with Crippen LogP contribution in [-0.2, 0) is 6.42 Å². The highest BCUT2D eigenvalue weighted by molar-refractivity contribution is 5.98. The smallest absolute Gasteiger partial charge is 0.227 e. The predicted molar refractivity (Wildman–Crippen MR) is 107 cm³/mol. The average molecular weight is 393 g/mol. The van der Waals surface area contributed by atoms with Gasteiger partial charge in [0.1, 0.15) is 5.82 Å². The number of benzene rings is 2. The first-order valence-corrected chi connectivity index (χ1v) is 9.21. The van der Waals surface area contributed by atoms with Crippen LogP contribution in [0.4, 0.5) is 16.0 Å². The summed E-state index contributed by atoms with van der Waals surface area (Å²) in [5.74, 6) is 1.33. The van der Waals surface area contributed by atoms with Gasteiger partial charge in [-0.25, -0.2) is 14.4 Å². The van der Waals surface area contributed by atoms with Crippen molar-refractivity contribution in [1.82, 2.24) is 9.97 Å². The van der Waals surface area contributed by atoms with Crippen LogP contribution in [0.5, 0.6) is 11.5 Å². The van der Waals surface area contributed by atoms with E-state index in [1.54, 1.807) is 32.5 Å². The van der Waals surface area contributed by atoms with Crippen molar-refractivity contribution in [3.05, 3.63) is 71.3 Å². The Morgan fingerprint density at radius 3 is 2.52 bits per heavy atom. The van der Waals surface area contributed by atoms with E-state index in [-0.39, 0.29) is 17.5 Å². The van der Waals surface area contributed by atoms with Crippen molar-refractivity contribution in [3.8, 4) is 11.5 Å². The van der Waals surface area contributed by atoms with E-state index >= 15 is 0 Å². The highest BCUT2D eigenvalue weighted by Crippen LogP contribution is 2.36. The highest BCUT2D eigenvalue weighted by atomic mass is 19.1. The number of nitrogens with one attached hydrogen (secondary N) is 1. The zero-order valence-corrected chi connectivity index (χ0v) is 16.1. The van der Waals surface area contributed by atoms with Crippen LogP contribution in [0.3, 0.4) is 0 Å². The third-order valence-corrected chi connectivity index (χ3v) is 5.02. The molecule has 1 N–H and O–H groups in total. The second-order valence-electron chi connectivity index (χ2n) is 6.83. The maximum absolute atomic E-state index is 13.1. The summed E-state index contributed by atoms with van der Waals surface area (Å²) in [7, 11) is 3.17. The molecule has 29 heavy (non-hydrogen) atoms. The normalized spacial score (nSPS) is 15.6. The van der Waals surface area contributed by atoms with Crippen LogP contribution in [0, 0.1) is 5.82 Å². The topological polar surface area (TPSA) is 73.3 Å². The van der Waals surface area contributed by atoms with Gasteiger partial charge in [0.15, 0.2) is 17.3 Å². The minimum Gasteiger partial charge on any atom is -0.493 e. The van der Waals surface area contributed by atoms with E-state index in [1.807, 2.05) is 18.2 Å². The van der Waals surface area contributed by atoms with Gasteiger partial charge in [0.25, 0.3) is 0 Å². The van der Waals surface area contributed by atoms with Crippen LogP contribution in [0.15, 0.2) is 48.7 Å². The van der Waals surface area contributed by atoms with Gasteiger partial charge < -0.3 is 14.8 Å². The summed E-state index contributed by atoms with van der Waals surface area (Å²) < 4.78 is 23.8. The first-order chi connectivity index (χ1) is 14.1. The number of carbonyl (C=O) groups is 1. The van der Waals surface area contributed by atoms with Crippen LogP contribution in [0.25, 0.3) is 0 Å². The average Bonchev–Trinajstić information content (AvgIpc) is 2.74. The molecule has 1 heterocycles. The summed E-state index contributed by atoms with van der Waals surface area (Å²) in [5.41, 5.74) is 2.91. The number of ether oxygens (including phenoxy) is 2. The standard InChI is InChI=1S/C22H20FN3O3/c1-28-20-8-3-13(11-21(20)29-2)14-9-18-17(19(27)10-14)12-24-22(26-18)25-16-6-4-15(23)5-7-16/h3-8,11-12,14H,9-10H2,1-2H3,(H,24,25,26)/t14-/m1/s1. The number of halogens is 1. The molecule has 6 nitrogen and oxygen atoms in total. The number of anilines is 2. The Labute approximate surface area is 167 Å². The second kappa shape index (κ2) is 7.87. The third kappa shape index (κ3) is 3.89. The monoisotopic (exact) mass is 393 g/mol. The van der Waals surface area contributed by atoms with Crippen LogP contribution in [0.2, 0.25) is 0 Å². The lowest BCUT2D eigenvalue weighted by Crippen LogP contribution is -2.21. The maximum atomic E-state index is 13.1. The van der Waals surface area contributed by atoms with Gasteiger partial charge >= 0.3 is 0 Å². The van der Waals surface area contributed by atoms with Gasteiger partial charge in [-0.2, -0.15) is 0 Å². The first-order valence-electron chi connectivity index (χ1n) is 9.21. The Bertz CT molecular complexity index is 1050. The van der Waals surface area contributed by atoms with E-state index in [0.29, 0.717) is 47.2 Å². The van der Waals surface area contributed by atoms with Crippen molar-refractivity contribution in [2.45, 2.75) is 18.8 Å². The van der Waals surface area contributed by atoms with E-state index in [9.17, 15) is 9.18 Å². The zero-order valence-electron chi connectivity index (χ0n) is 16.1. The number of carbonyl (C=O) groups excluding carboxylic acids is 1. The predicted octanol–water partition coefficient (Wildman–Crippen LogP) is 4.29. The van der Waals surface area contributed by atoms with Gasteiger partial charge in [-0.05, 0) is 54.3 Å². The molecule has 3 aromatic rings. The van der Waals surface area contributed by atoms with Gasteiger partial charge in [-0.1, -0.05) is 6.07 Å². The number of fused-ring (bicyclic) bond motifs is 1. The number of hydrogen-bond acceptors (Lipinski definition) is 6. The molecule has 4 rings (SSSR count). The lowest BCUT2D eigenvalue weighted by atomic mass is 9.82. The molecule has 148 valence electrons. The van der Waals surface area contributed by atoms with Crippen LogP contribution in [-0.4, -0.2) is 30.0 Å². The fourth-order valence-electron chi connectivity index (χ4n) is 3.51. The van der Waals surface area contributed by atoms with Crippen LogP contribution in [0.1, 0.15) is 34.0 Å². The zero-order chi connectivity index (χ0) is 20.4. The molecule has 0 aliphatic heterocycles. The Balaban J connectivity index is 1.60. The summed E-state index contributed by atoms with van der Waals surface area (Å²) in [4.78, 5) is 21.4. The molecule has 0 amide bonds. The second-order valence-corrected chi connectivity index (χ2v) is 6.83. The molecule has 0 saturated heterocycles. The molecule has 0 bridgehead atoms. The molecule has 1 atom stereocenters. The van der Waals surface area contributed by atoms with E-state index in [2.05, 4.69) is 15.3 Å². The number of hydrogen-bond donors (Lipinski definition) is 1. The molecule has 1 aliphatic carbocycles. The minimum absolute atomic E-state index is 0.0108. The van der Waals surface area contributed by atoms with Gasteiger partial charge in [-0.15, -0.1) is 0 Å². The molecular weight excluding hydrogens is 373 g/mol. The molecule has 0 saturated carbocycles. The van der Waals surface area contributed by atoms with Crippen molar-refractivity contribution in [3.63, 3.8) is 0 Å². The molecule has 7 heteroatoms. The van der Waals surface area contributed by atoms with E-state index < -0.39 is 0 Å². The van der Waals surface area contributed by atoms with Gasteiger partial charge in [0.05, 0.1) is 25.5 Å². The summed E-state index contributed by atoms with van der Waals surface area (Å²) >= 11 is 0. The van der Waals surface area contributed by atoms with Crippen molar-refractivity contribution >= 4 is 17.4 Å². The molecular formula is C22H20FN3O3. The van der Waals surface area contributed by atoms with Gasteiger partial charge in [0, 0.05) is 18.3 Å². The Hall–Kier alpha value is -3.48. The third-order valence-electron chi connectivity index (χ3n) is 5.02. The van der Waals surface area contributed by atoms with E-state index in [0.717, 1.165) is 5.56 Å². The Kier molecular flexibility index (Phi) is 5.12. The Morgan fingerprint density at radius 2 is 1.79 bits per heavy atom. The SMILES string of the molecule is COc1ccc([C@H]2CC(=O)c3cnc(Nc4ccc(F)cc4)nc3C2)cc1OC. The lowest BCUT2D eigenvalue weighted by molar-refractivity contribution is 0.0962.